The molecule has 0 aliphatic rings. The number of benzene rings is 1. The zero-order chi connectivity index (χ0) is 13.7. The smallest absolute Gasteiger partial charge is 0.264 e. The van der Waals surface area contributed by atoms with E-state index >= 15 is 0 Å². The van der Waals surface area contributed by atoms with Gasteiger partial charge in [0.05, 0.1) is 0 Å². The molecule has 1 N–H and O–H groups in total. The molecule has 1 unspecified atom stereocenters. The van der Waals surface area contributed by atoms with E-state index in [4.69, 9.17) is 20.9 Å². The Morgan fingerprint density at radius 2 is 2.05 bits per heavy atom. The summed E-state index contributed by atoms with van der Waals surface area (Å²) in [5, 5.41) is 7.70. The van der Waals surface area contributed by atoms with Crippen molar-refractivity contribution in [2.75, 3.05) is 7.05 Å². The maximum Gasteiger partial charge on any atom is 0.264 e. The fourth-order valence-electron chi connectivity index (χ4n) is 1.48. The monoisotopic (exact) mass is 317 g/mol. The fraction of sp³-hybridized carbons (Fsp3) is 0.385. The highest BCUT2D eigenvalue weighted by Gasteiger charge is 2.09. The number of rotatable bonds is 6. The van der Waals surface area contributed by atoms with Crippen LogP contribution in [-0.4, -0.2) is 23.2 Å². The number of ether oxygens (including phenoxy) is 1. The molecular weight excluding hydrogens is 301 g/mol. The lowest BCUT2D eigenvalue weighted by atomic mass is 10.2. The second-order valence-electron chi connectivity index (χ2n) is 4.24. The predicted molar refractivity (Wildman–Crippen MR) is 79.6 cm³/mol. The Bertz CT molecular complexity index is 517. The van der Waals surface area contributed by atoms with Gasteiger partial charge in [0.15, 0.2) is 12.4 Å². The normalized spacial score (nSPS) is 11.8. The molecule has 110 valence electrons. The standard InChI is InChI=1S/C13H16ClN3O2.ClH/c1-9(15-2)7-12-16-13(19-17-12)8-18-11-5-3-10(14)4-6-11;/h3-6,9,15H,7-8H2,1-2H3;1H. The summed E-state index contributed by atoms with van der Waals surface area (Å²) in [6.07, 6.45) is 0.723. The zero-order valence-corrected chi connectivity index (χ0v) is 12.9. The number of nitrogens with one attached hydrogen (secondary N) is 1. The number of likely N-dealkylation sites (N-methyl/N-ethyl adjacent to an activating group) is 1. The van der Waals surface area contributed by atoms with E-state index in [0.29, 0.717) is 28.5 Å². The van der Waals surface area contributed by atoms with E-state index in [1.165, 1.54) is 0 Å². The van der Waals surface area contributed by atoms with Gasteiger partial charge in [-0.1, -0.05) is 16.8 Å². The summed E-state index contributed by atoms with van der Waals surface area (Å²) in [5.41, 5.74) is 0. The largest absolute Gasteiger partial charge is 0.484 e. The molecule has 0 aliphatic carbocycles. The SMILES string of the molecule is CNC(C)Cc1noc(COc2ccc(Cl)cc2)n1.Cl. The molecule has 0 radical (unpaired) electrons. The van der Waals surface area contributed by atoms with Crippen LogP contribution in [0.4, 0.5) is 0 Å². The molecule has 1 atom stereocenters. The first-order valence-corrected chi connectivity index (χ1v) is 6.42. The summed E-state index contributed by atoms with van der Waals surface area (Å²) in [5.74, 6) is 1.86. The maximum absolute atomic E-state index is 5.79. The van der Waals surface area contributed by atoms with Crippen molar-refractivity contribution in [2.24, 2.45) is 0 Å². The molecular formula is C13H17Cl2N3O2. The van der Waals surface area contributed by atoms with Crippen LogP contribution < -0.4 is 10.1 Å². The summed E-state index contributed by atoms with van der Waals surface area (Å²) >= 11 is 5.79. The summed E-state index contributed by atoms with van der Waals surface area (Å²) in [4.78, 5) is 4.26. The third-order valence-corrected chi connectivity index (χ3v) is 2.92. The third kappa shape index (κ3) is 5.00. The first-order valence-electron chi connectivity index (χ1n) is 6.04. The van der Waals surface area contributed by atoms with Crippen LogP contribution in [0.5, 0.6) is 5.75 Å². The number of hydrogen-bond acceptors (Lipinski definition) is 5. The summed E-state index contributed by atoms with van der Waals surface area (Å²) < 4.78 is 10.6. The summed E-state index contributed by atoms with van der Waals surface area (Å²) in [7, 11) is 1.90. The number of halogens is 2. The van der Waals surface area contributed by atoms with Gasteiger partial charge in [0.1, 0.15) is 5.75 Å². The number of nitrogens with zero attached hydrogens (tertiary/aromatic N) is 2. The van der Waals surface area contributed by atoms with E-state index in [1.54, 1.807) is 24.3 Å². The third-order valence-electron chi connectivity index (χ3n) is 2.67. The van der Waals surface area contributed by atoms with Crippen LogP contribution in [0.1, 0.15) is 18.6 Å². The molecule has 2 rings (SSSR count). The molecule has 1 aromatic heterocycles. The van der Waals surface area contributed by atoms with Crippen LogP contribution in [0.25, 0.3) is 0 Å². The van der Waals surface area contributed by atoms with Crippen LogP contribution >= 0.6 is 24.0 Å². The van der Waals surface area contributed by atoms with Gasteiger partial charge in [0.25, 0.3) is 5.89 Å². The van der Waals surface area contributed by atoms with Crippen molar-refractivity contribution in [1.82, 2.24) is 15.5 Å². The molecule has 0 saturated carbocycles. The Kier molecular flexibility index (Phi) is 6.78. The van der Waals surface area contributed by atoms with E-state index in [-0.39, 0.29) is 19.0 Å². The molecule has 20 heavy (non-hydrogen) atoms. The van der Waals surface area contributed by atoms with Crippen LogP contribution in [0.2, 0.25) is 5.02 Å². The predicted octanol–water partition coefficient (Wildman–Crippen LogP) is 2.87. The van der Waals surface area contributed by atoms with Crippen molar-refractivity contribution in [2.45, 2.75) is 26.0 Å². The first kappa shape index (κ1) is 16.8. The summed E-state index contributed by atoms with van der Waals surface area (Å²) in [6, 6.07) is 7.43. The van der Waals surface area contributed by atoms with E-state index in [2.05, 4.69) is 22.4 Å². The topological polar surface area (TPSA) is 60.2 Å². The van der Waals surface area contributed by atoms with Gasteiger partial charge in [-0.2, -0.15) is 4.98 Å². The van der Waals surface area contributed by atoms with Crippen molar-refractivity contribution < 1.29 is 9.26 Å². The van der Waals surface area contributed by atoms with Gasteiger partial charge in [0, 0.05) is 17.5 Å². The fourth-order valence-corrected chi connectivity index (χ4v) is 1.61. The highest BCUT2D eigenvalue weighted by atomic mass is 35.5. The molecule has 1 aromatic carbocycles. The Labute approximate surface area is 129 Å². The summed E-state index contributed by atoms with van der Waals surface area (Å²) in [6.45, 7) is 2.31. The quantitative estimate of drug-likeness (QED) is 0.887. The zero-order valence-electron chi connectivity index (χ0n) is 11.3. The van der Waals surface area contributed by atoms with E-state index in [0.717, 1.165) is 6.42 Å². The van der Waals surface area contributed by atoms with Crippen LogP contribution in [0, 0.1) is 0 Å². The average molecular weight is 318 g/mol. The van der Waals surface area contributed by atoms with Crippen molar-refractivity contribution in [3.05, 3.63) is 41.0 Å². The lowest BCUT2D eigenvalue weighted by Gasteiger charge is -2.04. The van der Waals surface area contributed by atoms with Crippen molar-refractivity contribution in [3.63, 3.8) is 0 Å². The average Bonchev–Trinajstić information content (AvgIpc) is 2.85. The maximum atomic E-state index is 5.79. The van der Waals surface area contributed by atoms with E-state index in [9.17, 15) is 0 Å². The molecule has 0 aliphatic heterocycles. The Balaban J connectivity index is 0.00000200. The first-order chi connectivity index (χ1) is 9.17. The molecule has 1 heterocycles. The van der Waals surface area contributed by atoms with Crippen molar-refractivity contribution in [3.8, 4) is 5.75 Å². The Hall–Kier alpha value is -1.30. The molecule has 0 bridgehead atoms. The van der Waals surface area contributed by atoms with Crippen LogP contribution in [0.3, 0.4) is 0 Å². The van der Waals surface area contributed by atoms with E-state index < -0.39 is 0 Å². The minimum absolute atomic E-state index is 0. The molecule has 0 saturated heterocycles. The van der Waals surface area contributed by atoms with E-state index in [1.807, 2.05) is 7.05 Å². The highest BCUT2D eigenvalue weighted by molar-refractivity contribution is 6.30. The second-order valence-corrected chi connectivity index (χ2v) is 4.68. The lowest BCUT2D eigenvalue weighted by molar-refractivity contribution is 0.242. The molecule has 0 amide bonds. The molecule has 0 spiro atoms. The molecule has 5 nitrogen and oxygen atoms in total. The van der Waals surface area contributed by atoms with Gasteiger partial charge in [-0.25, -0.2) is 0 Å². The number of hydrogen-bond donors (Lipinski definition) is 1. The second kappa shape index (κ2) is 8.09. The minimum Gasteiger partial charge on any atom is -0.484 e. The number of aromatic nitrogens is 2. The van der Waals surface area contributed by atoms with Gasteiger partial charge in [-0.15, -0.1) is 12.4 Å². The molecule has 0 fully saturated rings. The van der Waals surface area contributed by atoms with Gasteiger partial charge in [-0.3, -0.25) is 0 Å². The molecule has 7 heteroatoms. The minimum atomic E-state index is 0. The highest BCUT2D eigenvalue weighted by Crippen LogP contribution is 2.16. The molecule has 2 aromatic rings. The van der Waals surface area contributed by atoms with Crippen LogP contribution in [-0.2, 0) is 13.0 Å². The van der Waals surface area contributed by atoms with Crippen molar-refractivity contribution >= 4 is 24.0 Å². The Morgan fingerprint density at radius 1 is 1.35 bits per heavy atom. The lowest BCUT2D eigenvalue weighted by Crippen LogP contribution is -2.24. The van der Waals surface area contributed by atoms with Gasteiger partial charge < -0.3 is 14.6 Å². The van der Waals surface area contributed by atoms with Crippen molar-refractivity contribution in [1.29, 1.82) is 0 Å². The van der Waals surface area contributed by atoms with Gasteiger partial charge in [0.2, 0.25) is 0 Å². The Morgan fingerprint density at radius 3 is 2.70 bits per heavy atom. The van der Waals surface area contributed by atoms with Crippen LogP contribution in [0.15, 0.2) is 28.8 Å². The van der Waals surface area contributed by atoms with Gasteiger partial charge in [-0.05, 0) is 38.2 Å². The van der Waals surface area contributed by atoms with Gasteiger partial charge >= 0.3 is 0 Å².